The molecule has 0 saturated heterocycles. The molecule has 2 aromatic rings. The van der Waals surface area contributed by atoms with Crippen molar-refractivity contribution in [2.75, 3.05) is 11.9 Å². The summed E-state index contributed by atoms with van der Waals surface area (Å²) in [5.41, 5.74) is 1.64. The number of halogens is 2. The molecule has 0 saturated carbocycles. The van der Waals surface area contributed by atoms with Crippen LogP contribution in [0.1, 0.15) is 5.56 Å². The minimum atomic E-state index is -0.360. The first-order chi connectivity index (χ1) is 8.69. The zero-order valence-corrected chi connectivity index (χ0v) is 10.4. The van der Waals surface area contributed by atoms with E-state index in [1.54, 1.807) is 16.9 Å². The van der Waals surface area contributed by atoms with Gasteiger partial charge in [0, 0.05) is 18.3 Å². The first-order valence-electron chi connectivity index (χ1n) is 5.50. The number of aliphatic hydroxyl groups excluding tert-OH is 1. The summed E-state index contributed by atoms with van der Waals surface area (Å²) in [6.45, 7) is 1.06. The molecule has 0 spiro atoms. The van der Waals surface area contributed by atoms with E-state index in [1.807, 2.05) is 6.20 Å². The Bertz CT molecular complexity index is 530. The van der Waals surface area contributed by atoms with Crippen LogP contribution in [0.3, 0.4) is 0 Å². The van der Waals surface area contributed by atoms with Crippen molar-refractivity contribution >= 4 is 17.3 Å². The average molecular weight is 270 g/mol. The summed E-state index contributed by atoms with van der Waals surface area (Å²) in [6, 6.07) is 4.21. The second-order valence-corrected chi connectivity index (χ2v) is 4.22. The summed E-state index contributed by atoms with van der Waals surface area (Å²) < 4.78 is 14.5. The fourth-order valence-corrected chi connectivity index (χ4v) is 1.79. The molecule has 0 aliphatic heterocycles. The number of aliphatic hydroxyl groups is 1. The molecule has 0 fully saturated rings. The average Bonchev–Trinajstić information content (AvgIpc) is 2.76. The summed E-state index contributed by atoms with van der Waals surface area (Å²) >= 11 is 5.89. The Hall–Kier alpha value is -1.59. The number of hydrogen-bond acceptors (Lipinski definition) is 3. The molecule has 0 amide bonds. The number of hydrogen-bond donors (Lipinski definition) is 2. The molecular formula is C12H13ClFN3O. The van der Waals surface area contributed by atoms with Gasteiger partial charge in [-0.15, -0.1) is 0 Å². The van der Waals surface area contributed by atoms with Gasteiger partial charge in [0.2, 0.25) is 0 Å². The molecule has 0 radical (unpaired) electrons. The molecule has 96 valence electrons. The van der Waals surface area contributed by atoms with Crippen LogP contribution in [0.25, 0.3) is 0 Å². The van der Waals surface area contributed by atoms with Gasteiger partial charge < -0.3 is 10.4 Å². The maximum Gasteiger partial charge on any atom is 0.124 e. The van der Waals surface area contributed by atoms with E-state index in [2.05, 4.69) is 10.4 Å². The Morgan fingerprint density at radius 3 is 3.00 bits per heavy atom. The van der Waals surface area contributed by atoms with E-state index in [4.69, 9.17) is 16.7 Å². The molecule has 6 heteroatoms. The van der Waals surface area contributed by atoms with Gasteiger partial charge in [0.15, 0.2) is 0 Å². The molecule has 0 bridgehead atoms. The third-order valence-electron chi connectivity index (χ3n) is 2.43. The van der Waals surface area contributed by atoms with E-state index in [1.165, 1.54) is 12.1 Å². The summed E-state index contributed by atoms with van der Waals surface area (Å²) in [7, 11) is 0. The lowest BCUT2D eigenvalue weighted by Crippen LogP contribution is -2.02. The second kappa shape index (κ2) is 5.84. The summed E-state index contributed by atoms with van der Waals surface area (Å²) in [5.74, 6) is -0.360. The van der Waals surface area contributed by atoms with Crippen LogP contribution in [0.15, 0.2) is 30.6 Å². The zero-order chi connectivity index (χ0) is 13.0. The third kappa shape index (κ3) is 3.21. The van der Waals surface area contributed by atoms with Gasteiger partial charge in [-0.05, 0) is 18.2 Å². The quantitative estimate of drug-likeness (QED) is 0.876. The smallest absolute Gasteiger partial charge is 0.124 e. The van der Waals surface area contributed by atoms with Crippen molar-refractivity contribution in [3.8, 4) is 0 Å². The normalized spacial score (nSPS) is 10.6. The lowest BCUT2D eigenvalue weighted by atomic mass is 10.3. The molecule has 2 rings (SSSR count). The molecule has 1 heterocycles. The van der Waals surface area contributed by atoms with Crippen LogP contribution in [-0.2, 0) is 13.1 Å². The van der Waals surface area contributed by atoms with E-state index in [-0.39, 0.29) is 12.4 Å². The highest BCUT2D eigenvalue weighted by molar-refractivity contribution is 6.33. The van der Waals surface area contributed by atoms with E-state index in [0.717, 1.165) is 5.56 Å². The van der Waals surface area contributed by atoms with E-state index < -0.39 is 0 Å². The summed E-state index contributed by atoms with van der Waals surface area (Å²) in [4.78, 5) is 0. The fraction of sp³-hybridized carbons (Fsp3) is 0.250. The first-order valence-corrected chi connectivity index (χ1v) is 5.88. The van der Waals surface area contributed by atoms with Gasteiger partial charge in [-0.1, -0.05) is 11.6 Å². The van der Waals surface area contributed by atoms with Gasteiger partial charge in [-0.25, -0.2) is 4.39 Å². The Kier molecular flexibility index (Phi) is 4.17. The Balaban J connectivity index is 1.97. The predicted molar refractivity (Wildman–Crippen MR) is 68.0 cm³/mol. The molecule has 0 atom stereocenters. The van der Waals surface area contributed by atoms with Crippen molar-refractivity contribution < 1.29 is 9.50 Å². The van der Waals surface area contributed by atoms with Gasteiger partial charge in [-0.3, -0.25) is 4.68 Å². The molecule has 0 aliphatic carbocycles. The zero-order valence-electron chi connectivity index (χ0n) is 9.61. The van der Waals surface area contributed by atoms with Crippen LogP contribution in [0, 0.1) is 5.82 Å². The van der Waals surface area contributed by atoms with Crippen molar-refractivity contribution in [3.05, 3.63) is 47.0 Å². The summed E-state index contributed by atoms with van der Waals surface area (Å²) in [6.07, 6.45) is 3.54. The SMILES string of the molecule is OCCn1cc(CNc2ccc(F)cc2Cl)cn1. The predicted octanol–water partition coefficient (Wildman–Crippen LogP) is 2.28. The van der Waals surface area contributed by atoms with Gasteiger partial charge in [0.05, 0.1) is 30.1 Å². The van der Waals surface area contributed by atoms with E-state index in [0.29, 0.717) is 23.8 Å². The minimum absolute atomic E-state index is 0.0539. The molecule has 1 aromatic heterocycles. The van der Waals surface area contributed by atoms with Gasteiger partial charge in [0.1, 0.15) is 5.82 Å². The first kappa shape index (κ1) is 12.9. The number of nitrogens with zero attached hydrogens (tertiary/aromatic N) is 2. The standard InChI is InChI=1S/C12H13ClFN3O/c13-11-5-10(14)1-2-12(11)15-6-9-7-16-17(8-9)3-4-18/h1-2,5,7-8,15,18H,3-4,6H2. The van der Waals surface area contributed by atoms with Crippen molar-refractivity contribution in [2.24, 2.45) is 0 Å². The Labute approximate surface area is 109 Å². The number of nitrogens with one attached hydrogen (secondary N) is 1. The van der Waals surface area contributed by atoms with Crippen LogP contribution >= 0.6 is 11.6 Å². The molecule has 2 N–H and O–H groups in total. The van der Waals surface area contributed by atoms with Crippen molar-refractivity contribution in [1.29, 1.82) is 0 Å². The third-order valence-corrected chi connectivity index (χ3v) is 2.74. The number of aromatic nitrogens is 2. The minimum Gasteiger partial charge on any atom is -0.394 e. The molecule has 0 unspecified atom stereocenters. The number of benzene rings is 1. The highest BCUT2D eigenvalue weighted by Crippen LogP contribution is 2.22. The van der Waals surface area contributed by atoms with Gasteiger partial charge in [0.25, 0.3) is 0 Å². The van der Waals surface area contributed by atoms with Crippen LogP contribution in [-0.4, -0.2) is 21.5 Å². The molecular weight excluding hydrogens is 257 g/mol. The van der Waals surface area contributed by atoms with E-state index in [9.17, 15) is 4.39 Å². The molecule has 1 aromatic carbocycles. The summed E-state index contributed by atoms with van der Waals surface area (Å²) in [5, 5.41) is 16.3. The number of rotatable bonds is 5. The lowest BCUT2D eigenvalue weighted by Gasteiger charge is -2.06. The monoisotopic (exact) mass is 269 g/mol. The van der Waals surface area contributed by atoms with Crippen molar-refractivity contribution in [2.45, 2.75) is 13.1 Å². The molecule has 0 aliphatic rings. The topological polar surface area (TPSA) is 50.1 Å². The van der Waals surface area contributed by atoms with E-state index >= 15 is 0 Å². The van der Waals surface area contributed by atoms with Crippen LogP contribution in [0.5, 0.6) is 0 Å². The lowest BCUT2D eigenvalue weighted by molar-refractivity contribution is 0.269. The number of anilines is 1. The molecule has 18 heavy (non-hydrogen) atoms. The highest BCUT2D eigenvalue weighted by atomic mass is 35.5. The Morgan fingerprint density at radius 2 is 2.28 bits per heavy atom. The van der Waals surface area contributed by atoms with Crippen LogP contribution in [0.4, 0.5) is 10.1 Å². The highest BCUT2D eigenvalue weighted by Gasteiger charge is 2.03. The maximum absolute atomic E-state index is 12.8. The molecule has 4 nitrogen and oxygen atoms in total. The van der Waals surface area contributed by atoms with Gasteiger partial charge in [-0.2, -0.15) is 5.10 Å². The fourth-order valence-electron chi connectivity index (χ4n) is 1.55. The van der Waals surface area contributed by atoms with Gasteiger partial charge >= 0.3 is 0 Å². The van der Waals surface area contributed by atoms with Crippen LogP contribution in [0.2, 0.25) is 5.02 Å². The Morgan fingerprint density at radius 1 is 1.44 bits per heavy atom. The van der Waals surface area contributed by atoms with Crippen molar-refractivity contribution in [3.63, 3.8) is 0 Å². The van der Waals surface area contributed by atoms with Crippen LogP contribution < -0.4 is 5.32 Å². The second-order valence-electron chi connectivity index (χ2n) is 3.81. The largest absolute Gasteiger partial charge is 0.394 e. The van der Waals surface area contributed by atoms with Crippen molar-refractivity contribution in [1.82, 2.24) is 9.78 Å². The maximum atomic E-state index is 12.8.